The molecule has 1 aromatic carbocycles. The summed E-state index contributed by atoms with van der Waals surface area (Å²) in [5, 5.41) is 0. The first kappa shape index (κ1) is 14.8. The first-order valence-electron chi connectivity index (χ1n) is 8.06. The molecule has 6 nitrogen and oxygen atoms in total. The van der Waals surface area contributed by atoms with Crippen molar-refractivity contribution in [2.24, 2.45) is 5.92 Å². The zero-order valence-corrected chi connectivity index (χ0v) is 13.8. The average molecular weight is 324 g/mol. The molecule has 0 bridgehead atoms. The molecule has 0 saturated carbocycles. The quantitative estimate of drug-likeness (QED) is 0.801. The average Bonchev–Trinajstić information content (AvgIpc) is 3.22. The van der Waals surface area contributed by atoms with Crippen molar-refractivity contribution in [3.05, 3.63) is 48.2 Å². The van der Waals surface area contributed by atoms with Gasteiger partial charge in [0.05, 0.1) is 20.0 Å². The molecule has 0 aliphatic carbocycles. The third-order valence-corrected chi connectivity index (χ3v) is 4.46. The zero-order valence-electron chi connectivity index (χ0n) is 13.8. The second-order valence-corrected chi connectivity index (χ2v) is 6.11. The van der Waals surface area contributed by atoms with Gasteiger partial charge in [-0.1, -0.05) is 12.1 Å². The molecule has 4 rings (SSSR count). The molecule has 1 N–H and O–H groups in total. The number of rotatable bonds is 4. The number of aromatic nitrogens is 4. The topological polar surface area (TPSA) is 65.0 Å². The van der Waals surface area contributed by atoms with Gasteiger partial charge in [-0.25, -0.2) is 9.97 Å². The van der Waals surface area contributed by atoms with Crippen LogP contribution in [0.25, 0.3) is 11.5 Å². The number of hydrogen-bond donors (Lipinski definition) is 1. The second-order valence-electron chi connectivity index (χ2n) is 6.11. The Balaban J connectivity index is 1.56. The number of methoxy groups -OCH3 is 1. The van der Waals surface area contributed by atoms with Gasteiger partial charge in [0.15, 0.2) is 17.3 Å². The minimum absolute atomic E-state index is 0.386. The van der Waals surface area contributed by atoms with Gasteiger partial charge in [0.25, 0.3) is 0 Å². The third kappa shape index (κ3) is 2.54. The van der Waals surface area contributed by atoms with Crippen molar-refractivity contribution in [1.29, 1.82) is 0 Å². The highest BCUT2D eigenvalue weighted by molar-refractivity contribution is 5.53. The molecule has 24 heavy (non-hydrogen) atoms. The normalized spacial score (nSPS) is 16.5. The maximum Gasteiger partial charge on any atom is 0.164 e. The van der Waals surface area contributed by atoms with Gasteiger partial charge in [0.2, 0.25) is 0 Å². The molecule has 0 amide bonds. The van der Waals surface area contributed by atoms with E-state index in [4.69, 9.17) is 9.47 Å². The number of fused-ring (bicyclic) bond motifs is 1. The van der Waals surface area contributed by atoms with E-state index in [-0.39, 0.29) is 0 Å². The van der Waals surface area contributed by atoms with Crippen molar-refractivity contribution in [1.82, 2.24) is 19.5 Å². The Morgan fingerprint density at radius 3 is 3.08 bits per heavy atom. The second kappa shape index (κ2) is 6.03. The Hall–Kier alpha value is -2.76. The van der Waals surface area contributed by atoms with Crippen LogP contribution in [-0.2, 0) is 13.0 Å². The number of nitrogens with one attached hydrogen (secondary N) is 1. The molecule has 1 unspecified atom stereocenters. The van der Waals surface area contributed by atoms with Gasteiger partial charge in [0.1, 0.15) is 5.69 Å². The molecule has 0 fully saturated rings. The number of para-hydroxylation sites is 1. The lowest BCUT2D eigenvalue weighted by atomic mass is 9.96. The summed E-state index contributed by atoms with van der Waals surface area (Å²) in [5.41, 5.74) is 3.12. The molecule has 1 aliphatic heterocycles. The fourth-order valence-electron chi connectivity index (χ4n) is 3.27. The summed E-state index contributed by atoms with van der Waals surface area (Å²) in [5.74, 6) is 2.97. The summed E-state index contributed by atoms with van der Waals surface area (Å²) in [6.45, 7) is 3.52. The minimum atomic E-state index is 0.386. The van der Waals surface area contributed by atoms with Gasteiger partial charge < -0.3 is 19.0 Å². The van der Waals surface area contributed by atoms with Gasteiger partial charge in [-0.2, -0.15) is 0 Å². The van der Waals surface area contributed by atoms with Crippen LogP contribution in [-0.4, -0.2) is 33.2 Å². The largest absolute Gasteiger partial charge is 0.493 e. The van der Waals surface area contributed by atoms with Crippen LogP contribution in [0.5, 0.6) is 11.5 Å². The highest BCUT2D eigenvalue weighted by atomic mass is 16.5. The van der Waals surface area contributed by atoms with Crippen LogP contribution in [0.2, 0.25) is 0 Å². The number of imidazole rings is 2. The van der Waals surface area contributed by atoms with Crippen LogP contribution in [0.15, 0.2) is 36.9 Å². The summed E-state index contributed by atoms with van der Waals surface area (Å²) in [6.07, 6.45) is 6.49. The highest BCUT2D eigenvalue weighted by Crippen LogP contribution is 2.36. The highest BCUT2D eigenvalue weighted by Gasteiger charge is 2.24. The third-order valence-electron chi connectivity index (χ3n) is 4.46. The number of aromatic amines is 1. The van der Waals surface area contributed by atoms with E-state index in [1.807, 2.05) is 31.5 Å². The van der Waals surface area contributed by atoms with Gasteiger partial charge >= 0.3 is 0 Å². The number of benzene rings is 1. The van der Waals surface area contributed by atoms with Crippen molar-refractivity contribution in [2.45, 2.75) is 19.9 Å². The molecule has 124 valence electrons. The van der Waals surface area contributed by atoms with Gasteiger partial charge in [0, 0.05) is 30.6 Å². The summed E-state index contributed by atoms with van der Waals surface area (Å²) >= 11 is 0. The van der Waals surface area contributed by atoms with Crippen LogP contribution >= 0.6 is 0 Å². The molecule has 3 aromatic rings. The van der Waals surface area contributed by atoms with Gasteiger partial charge in [-0.05, 0) is 25.0 Å². The first-order valence-corrected chi connectivity index (χ1v) is 8.06. The molecule has 6 heteroatoms. The molecule has 2 aromatic heterocycles. The fraction of sp³-hybridized carbons (Fsp3) is 0.333. The van der Waals surface area contributed by atoms with E-state index >= 15 is 0 Å². The monoisotopic (exact) mass is 324 g/mol. The van der Waals surface area contributed by atoms with Crippen molar-refractivity contribution < 1.29 is 9.47 Å². The molecule has 0 spiro atoms. The molecule has 0 radical (unpaired) electrons. The van der Waals surface area contributed by atoms with E-state index in [1.165, 1.54) is 5.56 Å². The molecule has 1 aliphatic rings. The Kier molecular flexibility index (Phi) is 3.72. The molecular weight excluding hydrogens is 304 g/mol. The van der Waals surface area contributed by atoms with Crippen LogP contribution in [0.3, 0.4) is 0 Å². The Labute approximate surface area is 140 Å². The van der Waals surface area contributed by atoms with Crippen LogP contribution in [0, 0.1) is 12.8 Å². The molecular formula is C18H20N4O2. The molecule has 1 atom stereocenters. The van der Waals surface area contributed by atoms with E-state index in [0.717, 1.165) is 41.7 Å². The number of hydrogen-bond acceptors (Lipinski definition) is 4. The summed E-state index contributed by atoms with van der Waals surface area (Å²) in [6, 6.07) is 6.06. The number of H-pyrrole nitrogens is 1. The number of nitrogens with zero attached hydrogens (tertiary/aromatic N) is 3. The van der Waals surface area contributed by atoms with E-state index in [2.05, 4.69) is 25.6 Å². The smallest absolute Gasteiger partial charge is 0.164 e. The predicted octanol–water partition coefficient (Wildman–Crippen LogP) is 2.84. The van der Waals surface area contributed by atoms with Crippen LogP contribution < -0.4 is 9.47 Å². The minimum Gasteiger partial charge on any atom is -0.493 e. The number of ether oxygens (including phenoxy) is 2. The van der Waals surface area contributed by atoms with E-state index < -0.39 is 0 Å². The maximum atomic E-state index is 5.98. The van der Waals surface area contributed by atoms with E-state index in [0.29, 0.717) is 12.5 Å². The standard InChI is InChI=1S/C18H20N4O2/c1-12-16(21-11-20-12)18-19-6-7-22(18)9-13-8-14-4-3-5-15(23-2)17(14)24-10-13/h3-7,11,13H,8-10H2,1-2H3,(H,20,21). The summed E-state index contributed by atoms with van der Waals surface area (Å²) in [4.78, 5) is 12.0. The Morgan fingerprint density at radius 2 is 2.29 bits per heavy atom. The first-order chi connectivity index (χ1) is 11.8. The number of aryl methyl sites for hydroxylation is 1. The van der Waals surface area contributed by atoms with Crippen LogP contribution in [0.4, 0.5) is 0 Å². The predicted molar refractivity (Wildman–Crippen MR) is 90.2 cm³/mol. The maximum absolute atomic E-state index is 5.98. The molecule has 0 saturated heterocycles. The van der Waals surface area contributed by atoms with Crippen molar-refractivity contribution >= 4 is 0 Å². The zero-order chi connectivity index (χ0) is 16.5. The Bertz CT molecular complexity index is 852. The van der Waals surface area contributed by atoms with Crippen molar-refractivity contribution in [2.75, 3.05) is 13.7 Å². The van der Waals surface area contributed by atoms with Crippen LogP contribution in [0.1, 0.15) is 11.3 Å². The SMILES string of the molecule is COc1cccc2c1OCC(Cn1ccnc1-c1nc[nH]c1C)C2. The van der Waals surface area contributed by atoms with Gasteiger partial charge in [-0.3, -0.25) is 0 Å². The lowest BCUT2D eigenvalue weighted by Gasteiger charge is -2.27. The fourth-order valence-corrected chi connectivity index (χ4v) is 3.27. The molecule has 3 heterocycles. The van der Waals surface area contributed by atoms with Gasteiger partial charge in [-0.15, -0.1) is 0 Å². The Morgan fingerprint density at radius 1 is 1.38 bits per heavy atom. The van der Waals surface area contributed by atoms with Crippen molar-refractivity contribution in [3.63, 3.8) is 0 Å². The summed E-state index contributed by atoms with van der Waals surface area (Å²) in [7, 11) is 1.68. The van der Waals surface area contributed by atoms with Crippen molar-refractivity contribution in [3.8, 4) is 23.0 Å². The lowest BCUT2D eigenvalue weighted by molar-refractivity contribution is 0.198. The lowest BCUT2D eigenvalue weighted by Crippen LogP contribution is -2.25. The van der Waals surface area contributed by atoms with E-state index in [1.54, 1.807) is 13.4 Å². The summed E-state index contributed by atoms with van der Waals surface area (Å²) < 4.78 is 13.5. The van der Waals surface area contributed by atoms with E-state index in [9.17, 15) is 0 Å².